The highest BCUT2D eigenvalue weighted by Crippen LogP contribution is 2.32. The molecule has 0 aromatic heterocycles. The van der Waals surface area contributed by atoms with Gasteiger partial charge in [-0.05, 0) is 57.5 Å². The van der Waals surface area contributed by atoms with E-state index >= 15 is 0 Å². The Labute approximate surface area is 107 Å². The average molecular weight is 241 g/mol. The number of aliphatic hydroxyl groups is 1. The van der Waals surface area contributed by atoms with Crippen LogP contribution < -0.4 is 0 Å². The van der Waals surface area contributed by atoms with Crippen LogP contribution in [0.2, 0.25) is 0 Å². The standard InChI is InChI=1S/C15H31NO/c1-6-15(5,16-11-7-8-12-16)13(17)9-10-14(2,3)4/h13,17H,6-12H2,1-5H3. The molecular weight excluding hydrogens is 210 g/mol. The Morgan fingerprint density at radius 2 is 1.65 bits per heavy atom. The fourth-order valence-corrected chi connectivity index (χ4v) is 2.78. The molecule has 0 aliphatic carbocycles. The first-order valence-electron chi connectivity index (χ1n) is 7.23. The zero-order valence-electron chi connectivity index (χ0n) is 12.4. The van der Waals surface area contributed by atoms with Crippen LogP contribution in [0.25, 0.3) is 0 Å². The smallest absolute Gasteiger partial charge is 0.0721 e. The van der Waals surface area contributed by atoms with Gasteiger partial charge in [-0.25, -0.2) is 0 Å². The monoisotopic (exact) mass is 241 g/mol. The van der Waals surface area contributed by atoms with E-state index in [4.69, 9.17) is 0 Å². The van der Waals surface area contributed by atoms with Crippen LogP contribution in [-0.2, 0) is 0 Å². The van der Waals surface area contributed by atoms with Crippen molar-refractivity contribution in [3.8, 4) is 0 Å². The van der Waals surface area contributed by atoms with E-state index in [0.29, 0.717) is 5.41 Å². The molecule has 0 bridgehead atoms. The molecular formula is C15H31NO. The van der Waals surface area contributed by atoms with Crippen LogP contribution in [0.3, 0.4) is 0 Å². The summed E-state index contributed by atoms with van der Waals surface area (Å²) in [5, 5.41) is 10.6. The van der Waals surface area contributed by atoms with Gasteiger partial charge < -0.3 is 5.11 Å². The summed E-state index contributed by atoms with van der Waals surface area (Å²) in [5.74, 6) is 0. The van der Waals surface area contributed by atoms with Gasteiger partial charge in [0.25, 0.3) is 0 Å². The maximum atomic E-state index is 10.6. The lowest BCUT2D eigenvalue weighted by atomic mass is 9.82. The SMILES string of the molecule is CCC(C)(C(O)CCC(C)(C)C)N1CCCC1. The summed E-state index contributed by atoms with van der Waals surface area (Å²) in [4.78, 5) is 2.50. The van der Waals surface area contributed by atoms with Gasteiger partial charge in [-0.15, -0.1) is 0 Å². The van der Waals surface area contributed by atoms with Crippen molar-refractivity contribution in [3.63, 3.8) is 0 Å². The molecule has 1 N–H and O–H groups in total. The summed E-state index contributed by atoms with van der Waals surface area (Å²) < 4.78 is 0. The van der Waals surface area contributed by atoms with Gasteiger partial charge in [-0.1, -0.05) is 27.7 Å². The van der Waals surface area contributed by atoms with Crippen LogP contribution in [0, 0.1) is 5.41 Å². The molecule has 2 heteroatoms. The molecule has 17 heavy (non-hydrogen) atoms. The Bertz CT molecular complexity index is 228. The van der Waals surface area contributed by atoms with E-state index in [1.807, 2.05) is 0 Å². The van der Waals surface area contributed by atoms with Crippen LogP contribution in [0.1, 0.15) is 66.7 Å². The Morgan fingerprint density at radius 3 is 2.06 bits per heavy atom. The molecule has 2 unspecified atom stereocenters. The van der Waals surface area contributed by atoms with E-state index in [-0.39, 0.29) is 11.6 Å². The minimum atomic E-state index is -0.190. The Hall–Kier alpha value is -0.0800. The second kappa shape index (κ2) is 5.71. The number of aliphatic hydroxyl groups excluding tert-OH is 1. The van der Waals surface area contributed by atoms with Gasteiger partial charge in [-0.2, -0.15) is 0 Å². The number of likely N-dealkylation sites (tertiary alicyclic amines) is 1. The minimum absolute atomic E-state index is 0.0122. The molecule has 0 saturated carbocycles. The van der Waals surface area contributed by atoms with E-state index in [9.17, 15) is 5.11 Å². The van der Waals surface area contributed by atoms with E-state index in [1.54, 1.807) is 0 Å². The first-order chi connectivity index (χ1) is 7.79. The van der Waals surface area contributed by atoms with Crippen molar-refractivity contribution in [2.24, 2.45) is 5.41 Å². The molecule has 2 nitrogen and oxygen atoms in total. The lowest BCUT2D eigenvalue weighted by Gasteiger charge is -2.42. The summed E-state index contributed by atoms with van der Waals surface area (Å²) >= 11 is 0. The van der Waals surface area contributed by atoms with Gasteiger partial charge in [0.05, 0.1) is 6.10 Å². The number of hydrogen-bond donors (Lipinski definition) is 1. The zero-order valence-corrected chi connectivity index (χ0v) is 12.4. The van der Waals surface area contributed by atoms with E-state index in [2.05, 4.69) is 39.5 Å². The summed E-state index contributed by atoms with van der Waals surface area (Å²) in [6.45, 7) is 13.5. The van der Waals surface area contributed by atoms with Crippen molar-refractivity contribution in [1.82, 2.24) is 4.90 Å². The van der Waals surface area contributed by atoms with Crippen molar-refractivity contribution in [2.45, 2.75) is 78.4 Å². The first kappa shape index (κ1) is 15.0. The number of hydrogen-bond acceptors (Lipinski definition) is 2. The highest BCUT2D eigenvalue weighted by molar-refractivity contribution is 4.94. The maximum absolute atomic E-state index is 10.6. The van der Waals surface area contributed by atoms with Gasteiger partial charge in [0.1, 0.15) is 0 Å². The molecule has 0 spiro atoms. The summed E-state index contributed by atoms with van der Waals surface area (Å²) in [7, 11) is 0. The van der Waals surface area contributed by atoms with E-state index in [1.165, 1.54) is 12.8 Å². The molecule has 2 atom stereocenters. The molecule has 0 radical (unpaired) electrons. The molecule has 102 valence electrons. The quantitative estimate of drug-likeness (QED) is 0.797. The molecule has 0 amide bonds. The van der Waals surface area contributed by atoms with E-state index in [0.717, 1.165) is 32.4 Å². The Morgan fingerprint density at radius 1 is 1.12 bits per heavy atom. The van der Waals surface area contributed by atoms with Crippen molar-refractivity contribution in [3.05, 3.63) is 0 Å². The van der Waals surface area contributed by atoms with Crippen LogP contribution in [0.5, 0.6) is 0 Å². The third-order valence-electron chi connectivity index (χ3n) is 4.43. The summed E-state index contributed by atoms with van der Waals surface area (Å²) in [6.07, 6.45) is 5.45. The van der Waals surface area contributed by atoms with Gasteiger partial charge in [0.15, 0.2) is 0 Å². The first-order valence-corrected chi connectivity index (χ1v) is 7.23. The summed E-state index contributed by atoms with van der Waals surface area (Å²) in [5.41, 5.74) is 0.308. The Balaban J connectivity index is 2.58. The largest absolute Gasteiger partial charge is 0.391 e. The van der Waals surface area contributed by atoms with Crippen LogP contribution in [0.15, 0.2) is 0 Å². The van der Waals surface area contributed by atoms with Crippen molar-refractivity contribution in [2.75, 3.05) is 13.1 Å². The number of nitrogens with zero attached hydrogens (tertiary/aromatic N) is 1. The predicted octanol–water partition coefficient (Wildman–Crippen LogP) is 3.44. The minimum Gasteiger partial charge on any atom is -0.391 e. The molecule has 1 saturated heterocycles. The number of rotatable bonds is 5. The van der Waals surface area contributed by atoms with Gasteiger partial charge in [-0.3, -0.25) is 4.90 Å². The second-order valence-corrected chi connectivity index (χ2v) is 7.02. The average Bonchev–Trinajstić information content (AvgIpc) is 2.77. The maximum Gasteiger partial charge on any atom is 0.0721 e. The van der Waals surface area contributed by atoms with Crippen molar-refractivity contribution >= 4 is 0 Å². The lowest BCUT2D eigenvalue weighted by Crippen LogP contribution is -2.53. The Kier molecular flexibility index (Phi) is 5.03. The van der Waals surface area contributed by atoms with Crippen LogP contribution in [-0.4, -0.2) is 34.7 Å². The summed E-state index contributed by atoms with van der Waals surface area (Å²) in [6, 6.07) is 0. The fraction of sp³-hybridized carbons (Fsp3) is 1.00. The van der Waals surface area contributed by atoms with Gasteiger partial charge >= 0.3 is 0 Å². The van der Waals surface area contributed by atoms with Gasteiger partial charge in [0, 0.05) is 5.54 Å². The normalized spacial score (nSPS) is 23.6. The topological polar surface area (TPSA) is 23.5 Å². The van der Waals surface area contributed by atoms with Crippen LogP contribution in [0.4, 0.5) is 0 Å². The fourth-order valence-electron chi connectivity index (χ4n) is 2.78. The van der Waals surface area contributed by atoms with E-state index < -0.39 is 0 Å². The van der Waals surface area contributed by atoms with Crippen molar-refractivity contribution < 1.29 is 5.11 Å². The van der Waals surface area contributed by atoms with Gasteiger partial charge in [0.2, 0.25) is 0 Å². The molecule has 1 aliphatic rings. The molecule has 1 heterocycles. The zero-order chi connectivity index (χ0) is 13.1. The third-order valence-corrected chi connectivity index (χ3v) is 4.43. The molecule has 1 fully saturated rings. The third kappa shape index (κ3) is 3.96. The molecule has 0 aromatic carbocycles. The van der Waals surface area contributed by atoms with Crippen LogP contribution >= 0.6 is 0 Å². The second-order valence-electron chi connectivity index (χ2n) is 7.02. The van der Waals surface area contributed by atoms with Crippen molar-refractivity contribution in [1.29, 1.82) is 0 Å². The predicted molar refractivity (Wildman–Crippen MR) is 74.2 cm³/mol. The lowest BCUT2D eigenvalue weighted by molar-refractivity contribution is -0.0215. The molecule has 1 aliphatic heterocycles. The molecule has 1 rings (SSSR count). The highest BCUT2D eigenvalue weighted by Gasteiger charge is 2.38. The highest BCUT2D eigenvalue weighted by atomic mass is 16.3. The molecule has 0 aromatic rings.